The Labute approximate surface area is 164 Å². The number of carbonyl (C=O) groups excluding carboxylic acids is 2. The number of anilines is 1. The topological polar surface area (TPSA) is 115 Å². The molecule has 0 heterocycles. The lowest BCUT2D eigenvalue weighted by Gasteiger charge is -2.17. The second-order valence-corrected chi connectivity index (χ2v) is 8.29. The SMILES string of the molecule is CC[C@H](C)NC(=O)c1ccccc1NS(=O)(=O)c1cc(C(=O)[O-])cc(C)c1C. The second kappa shape index (κ2) is 8.43. The minimum absolute atomic E-state index is 0.0678. The molecule has 8 heteroatoms. The van der Waals surface area contributed by atoms with Gasteiger partial charge in [-0.25, -0.2) is 8.42 Å². The average molecular weight is 403 g/mol. The molecule has 0 fully saturated rings. The number of carboxylic acid groups (broad SMARTS) is 1. The summed E-state index contributed by atoms with van der Waals surface area (Å²) in [5, 5.41) is 14.0. The third kappa shape index (κ3) is 4.69. The molecule has 2 rings (SSSR count). The molecule has 0 unspecified atom stereocenters. The summed E-state index contributed by atoms with van der Waals surface area (Å²) in [7, 11) is -4.13. The zero-order valence-electron chi connectivity index (χ0n) is 16.2. The van der Waals surface area contributed by atoms with E-state index in [1.54, 1.807) is 26.0 Å². The van der Waals surface area contributed by atoms with E-state index < -0.39 is 21.9 Å². The van der Waals surface area contributed by atoms with Crippen LogP contribution < -0.4 is 15.1 Å². The first-order chi connectivity index (χ1) is 13.1. The molecular weight excluding hydrogens is 380 g/mol. The summed E-state index contributed by atoms with van der Waals surface area (Å²) >= 11 is 0. The van der Waals surface area contributed by atoms with Gasteiger partial charge < -0.3 is 15.2 Å². The highest BCUT2D eigenvalue weighted by atomic mass is 32.2. The largest absolute Gasteiger partial charge is 0.545 e. The Morgan fingerprint density at radius 3 is 2.39 bits per heavy atom. The van der Waals surface area contributed by atoms with Crippen molar-refractivity contribution in [3.05, 3.63) is 58.7 Å². The fourth-order valence-corrected chi connectivity index (χ4v) is 4.02. The van der Waals surface area contributed by atoms with E-state index in [9.17, 15) is 23.1 Å². The molecule has 150 valence electrons. The van der Waals surface area contributed by atoms with Crippen LogP contribution in [0.5, 0.6) is 0 Å². The number of aromatic carboxylic acids is 1. The van der Waals surface area contributed by atoms with Crippen molar-refractivity contribution in [2.24, 2.45) is 0 Å². The highest BCUT2D eigenvalue weighted by Crippen LogP contribution is 2.25. The van der Waals surface area contributed by atoms with Gasteiger partial charge in [-0.3, -0.25) is 9.52 Å². The molecule has 2 N–H and O–H groups in total. The summed E-state index contributed by atoms with van der Waals surface area (Å²) in [6, 6.07) is 8.59. The number of hydrogen-bond acceptors (Lipinski definition) is 5. The van der Waals surface area contributed by atoms with Crippen LogP contribution in [-0.4, -0.2) is 26.3 Å². The Morgan fingerprint density at radius 1 is 1.14 bits per heavy atom. The van der Waals surface area contributed by atoms with Gasteiger partial charge in [0.25, 0.3) is 15.9 Å². The van der Waals surface area contributed by atoms with E-state index in [4.69, 9.17) is 0 Å². The lowest BCUT2D eigenvalue weighted by atomic mass is 10.1. The molecule has 0 radical (unpaired) electrons. The van der Waals surface area contributed by atoms with Crippen molar-refractivity contribution in [3.63, 3.8) is 0 Å². The number of para-hydroxylation sites is 1. The quantitative estimate of drug-likeness (QED) is 0.734. The van der Waals surface area contributed by atoms with Crippen molar-refractivity contribution in [1.29, 1.82) is 0 Å². The van der Waals surface area contributed by atoms with Crippen LogP contribution in [0.2, 0.25) is 0 Å². The lowest BCUT2D eigenvalue weighted by Crippen LogP contribution is -2.32. The van der Waals surface area contributed by atoms with Crippen molar-refractivity contribution in [2.75, 3.05) is 4.72 Å². The molecular formula is C20H23N2O5S-. The van der Waals surface area contributed by atoms with Gasteiger partial charge in [0, 0.05) is 6.04 Å². The number of benzene rings is 2. The van der Waals surface area contributed by atoms with Crippen molar-refractivity contribution in [2.45, 2.75) is 45.1 Å². The van der Waals surface area contributed by atoms with Crippen LogP contribution in [0.25, 0.3) is 0 Å². The smallest absolute Gasteiger partial charge is 0.262 e. The van der Waals surface area contributed by atoms with Gasteiger partial charge in [-0.1, -0.05) is 19.1 Å². The van der Waals surface area contributed by atoms with E-state index in [1.165, 1.54) is 18.2 Å². The first-order valence-corrected chi connectivity index (χ1v) is 10.3. The van der Waals surface area contributed by atoms with Crippen molar-refractivity contribution in [3.8, 4) is 0 Å². The molecule has 2 aromatic carbocycles. The summed E-state index contributed by atoms with van der Waals surface area (Å²) in [4.78, 5) is 23.5. The zero-order valence-corrected chi connectivity index (χ0v) is 17.0. The Balaban J connectivity index is 2.47. The standard InChI is InChI=1S/C20H24N2O5S/c1-5-13(3)21-19(23)16-8-6-7-9-17(16)22-28(26,27)18-11-15(20(24)25)10-12(2)14(18)4/h6-11,13,22H,5H2,1-4H3,(H,21,23)(H,24,25)/p-1/t13-/m0/s1. The molecule has 28 heavy (non-hydrogen) atoms. The Kier molecular flexibility index (Phi) is 6.45. The van der Waals surface area contributed by atoms with Gasteiger partial charge in [0.15, 0.2) is 0 Å². The summed E-state index contributed by atoms with van der Waals surface area (Å²) in [6.45, 7) is 6.98. The number of hydrogen-bond donors (Lipinski definition) is 2. The molecule has 0 aliphatic rings. The maximum absolute atomic E-state index is 12.9. The summed E-state index contributed by atoms with van der Waals surface area (Å²) in [5.74, 6) is -1.86. The number of amides is 1. The van der Waals surface area contributed by atoms with Crippen LogP contribution in [0, 0.1) is 13.8 Å². The van der Waals surface area contributed by atoms with Crippen molar-refractivity contribution >= 4 is 27.6 Å². The number of nitrogens with one attached hydrogen (secondary N) is 2. The van der Waals surface area contributed by atoms with Crippen LogP contribution in [-0.2, 0) is 10.0 Å². The van der Waals surface area contributed by atoms with E-state index in [2.05, 4.69) is 10.0 Å². The lowest BCUT2D eigenvalue weighted by molar-refractivity contribution is -0.255. The van der Waals surface area contributed by atoms with E-state index in [1.807, 2.05) is 13.8 Å². The van der Waals surface area contributed by atoms with E-state index >= 15 is 0 Å². The number of sulfonamides is 1. The monoisotopic (exact) mass is 403 g/mol. The van der Waals surface area contributed by atoms with Crippen molar-refractivity contribution < 1.29 is 23.1 Å². The van der Waals surface area contributed by atoms with Crippen LogP contribution in [0.4, 0.5) is 5.69 Å². The number of carbonyl (C=O) groups is 2. The molecule has 0 bridgehead atoms. The fraction of sp³-hybridized carbons (Fsp3) is 0.300. The third-order valence-corrected chi connectivity index (χ3v) is 6.04. The first-order valence-electron chi connectivity index (χ1n) is 8.82. The normalized spacial score (nSPS) is 12.3. The molecule has 0 saturated heterocycles. The molecule has 0 aliphatic heterocycles. The predicted molar refractivity (Wildman–Crippen MR) is 105 cm³/mol. The average Bonchev–Trinajstić information content (AvgIpc) is 2.63. The van der Waals surface area contributed by atoms with Crippen LogP contribution >= 0.6 is 0 Å². The number of carboxylic acids is 1. The molecule has 2 aromatic rings. The molecule has 0 aliphatic carbocycles. The molecule has 1 amide bonds. The van der Waals surface area contributed by atoms with Gasteiger partial charge in [-0.2, -0.15) is 0 Å². The third-order valence-electron chi connectivity index (χ3n) is 4.55. The Hall–Kier alpha value is -2.87. The van der Waals surface area contributed by atoms with Gasteiger partial charge in [0.1, 0.15) is 0 Å². The summed E-state index contributed by atoms with van der Waals surface area (Å²) in [6.07, 6.45) is 0.730. The molecule has 0 aromatic heterocycles. The van der Waals surface area contributed by atoms with Gasteiger partial charge >= 0.3 is 0 Å². The first kappa shape index (κ1) is 21.4. The zero-order chi connectivity index (χ0) is 21.1. The highest BCUT2D eigenvalue weighted by molar-refractivity contribution is 7.92. The molecule has 0 spiro atoms. The van der Waals surface area contributed by atoms with Crippen LogP contribution in [0.3, 0.4) is 0 Å². The second-order valence-electron chi connectivity index (χ2n) is 6.64. The minimum atomic E-state index is -4.13. The van der Waals surface area contributed by atoms with Crippen LogP contribution in [0.1, 0.15) is 52.1 Å². The van der Waals surface area contributed by atoms with Gasteiger partial charge in [-0.05, 0) is 68.1 Å². The summed E-state index contributed by atoms with van der Waals surface area (Å²) in [5.41, 5.74) is 0.978. The molecule has 0 saturated carbocycles. The van der Waals surface area contributed by atoms with Crippen molar-refractivity contribution in [1.82, 2.24) is 5.32 Å². The van der Waals surface area contributed by atoms with E-state index in [-0.39, 0.29) is 27.8 Å². The Bertz CT molecular complexity index is 1020. The fourth-order valence-electron chi connectivity index (χ4n) is 2.60. The van der Waals surface area contributed by atoms with Gasteiger partial charge in [-0.15, -0.1) is 0 Å². The molecule has 7 nitrogen and oxygen atoms in total. The summed E-state index contributed by atoms with van der Waals surface area (Å²) < 4.78 is 28.3. The maximum Gasteiger partial charge on any atom is 0.262 e. The van der Waals surface area contributed by atoms with Gasteiger partial charge in [0.2, 0.25) is 0 Å². The predicted octanol–water partition coefficient (Wildman–Crippen LogP) is 2.00. The molecule has 1 atom stereocenters. The number of rotatable bonds is 7. The minimum Gasteiger partial charge on any atom is -0.545 e. The number of aryl methyl sites for hydroxylation is 1. The maximum atomic E-state index is 12.9. The van der Waals surface area contributed by atoms with E-state index in [0.29, 0.717) is 11.1 Å². The highest BCUT2D eigenvalue weighted by Gasteiger charge is 2.22. The van der Waals surface area contributed by atoms with Crippen LogP contribution in [0.15, 0.2) is 41.3 Å². The van der Waals surface area contributed by atoms with Gasteiger partial charge in [0.05, 0.1) is 22.1 Å². The Morgan fingerprint density at radius 2 is 1.79 bits per heavy atom. The van der Waals surface area contributed by atoms with E-state index in [0.717, 1.165) is 12.5 Å².